The van der Waals surface area contributed by atoms with Crippen LogP contribution < -0.4 is 10.0 Å². The number of amidine groups is 1. The van der Waals surface area contributed by atoms with Gasteiger partial charge in [-0.3, -0.25) is 14.5 Å². The Kier molecular flexibility index (Phi) is 6.36. The quantitative estimate of drug-likeness (QED) is 0.683. The number of hydrogen-bond donors (Lipinski definition) is 2. The smallest absolute Gasteiger partial charge is 0.331 e. The highest BCUT2D eigenvalue weighted by Gasteiger charge is 2.31. The van der Waals surface area contributed by atoms with Crippen LogP contribution in [-0.4, -0.2) is 44.8 Å². The van der Waals surface area contributed by atoms with Crippen LogP contribution in [0.3, 0.4) is 0 Å². The molecule has 0 aliphatic carbocycles. The molecule has 2 N–H and O–H groups in total. The summed E-state index contributed by atoms with van der Waals surface area (Å²) >= 11 is 0. The van der Waals surface area contributed by atoms with Gasteiger partial charge in [-0.25, -0.2) is 13.2 Å². The second-order valence-corrected chi connectivity index (χ2v) is 7.77. The van der Waals surface area contributed by atoms with E-state index in [-0.39, 0.29) is 22.7 Å². The number of amides is 1. The van der Waals surface area contributed by atoms with Crippen LogP contribution in [0, 0.1) is 0 Å². The summed E-state index contributed by atoms with van der Waals surface area (Å²) in [6.45, 7) is 4.97. The van der Waals surface area contributed by atoms with Crippen molar-refractivity contribution in [3.8, 4) is 0 Å². The minimum absolute atomic E-state index is 0.00765. The lowest BCUT2D eigenvalue weighted by atomic mass is 10.2. The standard InChI is InChI=1S/C17H23N3O5S/c1-4-7-11(2)18-15(21)10-25-17(22)12(3)19-16-13-8-5-6-9-14(13)26(23,24)20-16/h5-6,8-9,11-12H,4,7,10H2,1-3H3,(H,18,21)(H,19,20)/t11-,12-/m1/s1. The van der Waals surface area contributed by atoms with Gasteiger partial charge in [0.1, 0.15) is 11.9 Å². The Morgan fingerprint density at radius 3 is 2.65 bits per heavy atom. The lowest BCUT2D eigenvalue weighted by Gasteiger charge is -2.13. The summed E-state index contributed by atoms with van der Waals surface area (Å²) < 4.78 is 31.3. The Balaban J connectivity index is 1.97. The molecule has 0 saturated heterocycles. The molecule has 2 atom stereocenters. The number of nitrogens with one attached hydrogen (secondary N) is 2. The maximum absolute atomic E-state index is 12.0. The lowest BCUT2D eigenvalue weighted by molar-refractivity contribution is -0.149. The highest BCUT2D eigenvalue weighted by Crippen LogP contribution is 2.22. The Hall–Kier alpha value is -2.42. The summed E-state index contributed by atoms with van der Waals surface area (Å²) in [4.78, 5) is 28.0. The third-order valence-electron chi connectivity index (χ3n) is 3.80. The first-order valence-corrected chi connectivity index (χ1v) is 9.89. The van der Waals surface area contributed by atoms with E-state index in [2.05, 4.69) is 15.0 Å². The molecule has 1 aliphatic rings. The van der Waals surface area contributed by atoms with Gasteiger partial charge in [0.2, 0.25) is 0 Å². The molecule has 0 spiro atoms. The minimum Gasteiger partial charge on any atom is -0.454 e. The summed E-state index contributed by atoms with van der Waals surface area (Å²) in [5, 5.41) is 2.73. The Bertz CT molecular complexity index is 819. The Morgan fingerprint density at radius 1 is 1.27 bits per heavy atom. The fraction of sp³-hybridized carbons (Fsp3) is 0.471. The topological polar surface area (TPSA) is 114 Å². The predicted molar refractivity (Wildman–Crippen MR) is 96.2 cm³/mol. The van der Waals surface area contributed by atoms with Crippen molar-refractivity contribution in [3.05, 3.63) is 29.8 Å². The predicted octanol–water partition coefficient (Wildman–Crippen LogP) is 0.962. The largest absolute Gasteiger partial charge is 0.454 e. The number of ether oxygens (including phenoxy) is 1. The summed E-state index contributed by atoms with van der Waals surface area (Å²) in [5.41, 5.74) is 0.401. The van der Waals surface area contributed by atoms with Crippen LogP contribution in [0.15, 0.2) is 34.2 Å². The average molecular weight is 381 g/mol. The van der Waals surface area contributed by atoms with E-state index in [0.29, 0.717) is 5.56 Å². The highest BCUT2D eigenvalue weighted by atomic mass is 32.2. The number of carbonyl (C=O) groups excluding carboxylic acids is 2. The summed E-state index contributed by atoms with van der Waals surface area (Å²) in [5.74, 6) is -1.00. The van der Waals surface area contributed by atoms with E-state index in [0.717, 1.165) is 12.8 Å². The van der Waals surface area contributed by atoms with Crippen LogP contribution in [-0.2, 0) is 24.3 Å². The van der Waals surface area contributed by atoms with Crippen molar-refractivity contribution < 1.29 is 22.7 Å². The number of nitrogens with zero attached hydrogens (tertiary/aromatic N) is 1. The first kappa shape index (κ1) is 19.9. The van der Waals surface area contributed by atoms with Crippen LogP contribution in [0.4, 0.5) is 0 Å². The third-order valence-corrected chi connectivity index (χ3v) is 5.20. The van der Waals surface area contributed by atoms with Gasteiger partial charge in [0, 0.05) is 11.6 Å². The van der Waals surface area contributed by atoms with Crippen molar-refractivity contribution in [1.82, 2.24) is 10.0 Å². The molecule has 26 heavy (non-hydrogen) atoms. The number of aliphatic imine (C=N–C) groups is 1. The molecule has 1 aromatic rings. The molecule has 1 aliphatic heterocycles. The molecule has 0 unspecified atom stereocenters. The monoisotopic (exact) mass is 381 g/mol. The number of hydrogen-bond acceptors (Lipinski definition) is 6. The second kappa shape index (κ2) is 8.31. The number of benzene rings is 1. The normalized spacial score (nSPS) is 18.5. The molecule has 0 aromatic heterocycles. The van der Waals surface area contributed by atoms with Gasteiger partial charge in [-0.2, -0.15) is 0 Å². The van der Waals surface area contributed by atoms with Crippen molar-refractivity contribution in [2.75, 3.05) is 6.61 Å². The molecule has 8 nitrogen and oxygen atoms in total. The molecular formula is C17H23N3O5S. The fourth-order valence-electron chi connectivity index (χ4n) is 2.56. The van der Waals surface area contributed by atoms with Gasteiger partial charge in [0.25, 0.3) is 15.9 Å². The van der Waals surface area contributed by atoms with Gasteiger partial charge in [0.05, 0.1) is 4.90 Å². The number of fused-ring (bicyclic) bond motifs is 1. The van der Waals surface area contributed by atoms with Crippen molar-refractivity contribution in [1.29, 1.82) is 0 Å². The molecule has 1 aromatic carbocycles. The first-order chi connectivity index (χ1) is 12.2. The third kappa shape index (κ3) is 4.81. The molecular weight excluding hydrogens is 358 g/mol. The van der Waals surface area contributed by atoms with E-state index in [4.69, 9.17) is 4.74 Å². The number of esters is 1. The van der Waals surface area contributed by atoms with E-state index in [1.807, 2.05) is 13.8 Å². The van der Waals surface area contributed by atoms with E-state index in [1.54, 1.807) is 18.2 Å². The summed E-state index contributed by atoms with van der Waals surface area (Å²) in [6.07, 6.45) is 1.77. The summed E-state index contributed by atoms with van der Waals surface area (Å²) in [7, 11) is -3.67. The van der Waals surface area contributed by atoms with Crippen molar-refractivity contribution in [3.63, 3.8) is 0 Å². The molecule has 0 radical (unpaired) electrons. The van der Waals surface area contributed by atoms with Crippen LogP contribution in [0.25, 0.3) is 0 Å². The zero-order valence-electron chi connectivity index (χ0n) is 15.0. The number of carbonyl (C=O) groups is 2. The van der Waals surface area contributed by atoms with E-state index in [9.17, 15) is 18.0 Å². The number of rotatable bonds is 7. The zero-order valence-corrected chi connectivity index (χ0v) is 15.8. The van der Waals surface area contributed by atoms with Crippen LogP contribution >= 0.6 is 0 Å². The Labute approximate surface area is 153 Å². The molecule has 0 fully saturated rings. The molecule has 1 heterocycles. The molecule has 0 saturated carbocycles. The van der Waals surface area contributed by atoms with Crippen LogP contribution in [0.2, 0.25) is 0 Å². The van der Waals surface area contributed by atoms with Gasteiger partial charge in [-0.05, 0) is 32.4 Å². The van der Waals surface area contributed by atoms with Crippen molar-refractivity contribution >= 4 is 27.7 Å². The highest BCUT2D eigenvalue weighted by molar-refractivity contribution is 7.90. The maximum Gasteiger partial charge on any atom is 0.331 e. The van der Waals surface area contributed by atoms with Gasteiger partial charge in [-0.1, -0.05) is 25.5 Å². The van der Waals surface area contributed by atoms with Gasteiger partial charge < -0.3 is 10.1 Å². The minimum atomic E-state index is -3.67. The zero-order chi connectivity index (χ0) is 19.3. The van der Waals surface area contributed by atoms with Gasteiger partial charge in [-0.15, -0.1) is 0 Å². The molecule has 9 heteroatoms. The molecule has 142 valence electrons. The first-order valence-electron chi connectivity index (χ1n) is 8.40. The number of sulfonamides is 1. The lowest BCUT2D eigenvalue weighted by Crippen LogP contribution is -2.36. The average Bonchev–Trinajstić information content (AvgIpc) is 2.83. The van der Waals surface area contributed by atoms with E-state index in [1.165, 1.54) is 13.0 Å². The molecule has 1 amide bonds. The molecule has 2 rings (SSSR count). The van der Waals surface area contributed by atoms with E-state index >= 15 is 0 Å². The summed E-state index contributed by atoms with van der Waals surface area (Å²) in [6, 6.07) is 5.41. The van der Waals surface area contributed by atoms with Crippen molar-refractivity contribution in [2.24, 2.45) is 4.99 Å². The van der Waals surface area contributed by atoms with Crippen LogP contribution in [0.1, 0.15) is 39.2 Å². The molecule has 0 bridgehead atoms. The fourth-order valence-corrected chi connectivity index (χ4v) is 3.79. The Morgan fingerprint density at radius 2 is 1.96 bits per heavy atom. The van der Waals surface area contributed by atoms with Crippen molar-refractivity contribution in [2.45, 2.75) is 50.6 Å². The van der Waals surface area contributed by atoms with E-state index < -0.39 is 28.6 Å². The van der Waals surface area contributed by atoms with Crippen LogP contribution in [0.5, 0.6) is 0 Å². The second-order valence-electron chi connectivity index (χ2n) is 6.12. The SMILES string of the molecule is CCC[C@@H](C)NC(=O)COC(=O)[C@@H](C)N=C1NS(=O)(=O)c2ccccc21. The van der Waals surface area contributed by atoms with Gasteiger partial charge in [0.15, 0.2) is 6.61 Å². The van der Waals surface area contributed by atoms with Gasteiger partial charge >= 0.3 is 5.97 Å². The maximum atomic E-state index is 12.0.